The molecule has 0 amide bonds. The van der Waals surface area contributed by atoms with Gasteiger partial charge in [0, 0.05) is 13.3 Å². The number of rotatable bonds is 3. The Kier molecular flexibility index (Phi) is 3.04. The van der Waals surface area contributed by atoms with E-state index >= 15 is 0 Å². The molecule has 0 aliphatic carbocycles. The van der Waals surface area contributed by atoms with Gasteiger partial charge in [-0.05, 0) is 11.6 Å². The van der Waals surface area contributed by atoms with Gasteiger partial charge in [-0.3, -0.25) is 4.68 Å². The first-order valence-electron chi connectivity index (χ1n) is 4.26. The standard InChI is InChI=1S/C8H8Cl2N4O/c1-15-3-2-14-4-5-6(9)11-8(10)12-7(5)13-14/h4H,2-3H2,1H3. The summed E-state index contributed by atoms with van der Waals surface area (Å²) < 4.78 is 6.64. The first-order chi connectivity index (χ1) is 7.20. The van der Waals surface area contributed by atoms with Crippen LogP contribution in [-0.4, -0.2) is 33.5 Å². The van der Waals surface area contributed by atoms with Crippen LogP contribution in [0.3, 0.4) is 0 Å². The Labute approximate surface area is 96.0 Å². The number of fused-ring (bicyclic) bond motifs is 1. The summed E-state index contributed by atoms with van der Waals surface area (Å²) in [4.78, 5) is 7.79. The van der Waals surface area contributed by atoms with Crippen molar-refractivity contribution in [2.45, 2.75) is 6.54 Å². The monoisotopic (exact) mass is 246 g/mol. The molecule has 15 heavy (non-hydrogen) atoms. The van der Waals surface area contributed by atoms with E-state index in [9.17, 15) is 0 Å². The lowest BCUT2D eigenvalue weighted by Crippen LogP contribution is -2.04. The highest BCUT2D eigenvalue weighted by Gasteiger charge is 2.08. The molecule has 0 fully saturated rings. The summed E-state index contributed by atoms with van der Waals surface area (Å²) in [5.41, 5.74) is 0.496. The molecule has 0 saturated heterocycles. The third-order valence-corrected chi connectivity index (χ3v) is 2.33. The number of halogens is 2. The summed E-state index contributed by atoms with van der Waals surface area (Å²) in [5, 5.41) is 5.30. The van der Waals surface area contributed by atoms with E-state index in [4.69, 9.17) is 27.9 Å². The highest BCUT2D eigenvalue weighted by atomic mass is 35.5. The molecule has 2 aromatic rings. The zero-order valence-electron chi connectivity index (χ0n) is 7.94. The number of nitrogens with zero attached hydrogens (tertiary/aromatic N) is 4. The maximum Gasteiger partial charge on any atom is 0.225 e. The van der Waals surface area contributed by atoms with Gasteiger partial charge in [0.25, 0.3) is 0 Å². The molecule has 0 atom stereocenters. The first-order valence-corrected chi connectivity index (χ1v) is 5.01. The fourth-order valence-electron chi connectivity index (χ4n) is 1.19. The lowest BCUT2D eigenvalue weighted by Gasteiger charge is -1.97. The van der Waals surface area contributed by atoms with Crippen LogP contribution in [0.25, 0.3) is 11.0 Å². The van der Waals surface area contributed by atoms with Gasteiger partial charge >= 0.3 is 0 Å². The lowest BCUT2D eigenvalue weighted by molar-refractivity contribution is 0.184. The number of hydrogen-bond acceptors (Lipinski definition) is 4. The summed E-state index contributed by atoms with van der Waals surface area (Å²) >= 11 is 11.5. The van der Waals surface area contributed by atoms with Gasteiger partial charge in [0.05, 0.1) is 18.5 Å². The van der Waals surface area contributed by atoms with E-state index in [0.29, 0.717) is 29.3 Å². The second kappa shape index (κ2) is 4.30. The van der Waals surface area contributed by atoms with Crippen molar-refractivity contribution in [3.05, 3.63) is 16.6 Å². The van der Waals surface area contributed by atoms with E-state index in [1.54, 1.807) is 18.0 Å². The largest absolute Gasteiger partial charge is 0.383 e. The smallest absolute Gasteiger partial charge is 0.225 e. The van der Waals surface area contributed by atoms with Gasteiger partial charge in [0.2, 0.25) is 5.28 Å². The molecule has 0 N–H and O–H groups in total. The minimum Gasteiger partial charge on any atom is -0.383 e. The van der Waals surface area contributed by atoms with E-state index in [-0.39, 0.29) is 5.28 Å². The molecular weight excluding hydrogens is 239 g/mol. The van der Waals surface area contributed by atoms with Crippen LogP contribution in [0.1, 0.15) is 0 Å². The van der Waals surface area contributed by atoms with Crippen molar-refractivity contribution in [1.29, 1.82) is 0 Å². The Hall–Kier alpha value is -0.910. The predicted molar refractivity (Wildman–Crippen MR) is 57.2 cm³/mol. The molecule has 2 aromatic heterocycles. The van der Waals surface area contributed by atoms with Crippen molar-refractivity contribution in [2.24, 2.45) is 0 Å². The van der Waals surface area contributed by atoms with Crippen molar-refractivity contribution in [1.82, 2.24) is 19.7 Å². The molecule has 0 spiro atoms. The van der Waals surface area contributed by atoms with Crippen LogP contribution in [0.2, 0.25) is 10.4 Å². The van der Waals surface area contributed by atoms with Gasteiger partial charge in [0.15, 0.2) is 5.65 Å². The Morgan fingerprint density at radius 3 is 2.93 bits per heavy atom. The third kappa shape index (κ3) is 2.19. The average molecular weight is 247 g/mol. The summed E-state index contributed by atoms with van der Waals surface area (Å²) in [6, 6.07) is 0. The van der Waals surface area contributed by atoms with E-state index in [0.717, 1.165) is 0 Å². The quantitative estimate of drug-likeness (QED) is 0.612. The Bertz CT molecular complexity index is 485. The Balaban J connectivity index is 2.41. The molecule has 2 rings (SSSR count). The number of hydrogen-bond donors (Lipinski definition) is 0. The van der Waals surface area contributed by atoms with Crippen molar-refractivity contribution in [2.75, 3.05) is 13.7 Å². The van der Waals surface area contributed by atoms with Crippen LogP contribution >= 0.6 is 23.2 Å². The molecule has 7 heteroatoms. The summed E-state index contributed by atoms with van der Waals surface area (Å²) in [6.45, 7) is 1.22. The van der Waals surface area contributed by atoms with Crippen molar-refractivity contribution >= 4 is 34.2 Å². The zero-order valence-corrected chi connectivity index (χ0v) is 9.46. The van der Waals surface area contributed by atoms with Gasteiger partial charge in [-0.1, -0.05) is 11.6 Å². The van der Waals surface area contributed by atoms with Crippen LogP contribution in [0, 0.1) is 0 Å². The van der Waals surface area contributed by atoms with E-state index in [1.165, 1.54) is 0 Å². The molecule has 5 nitrogen and oxygen atoms in total. The van der Waals surface area contributed by atoms with Crippen LogP contribution in [0.5, 0.6) is 0 Å². The lowest BCUT2D eigenvalue weighted by atomic mass is 10.4. The molecule has 0 aromatic carbocycles. The molecule has 0 aliphatic rings. The highest BCUT2D eigenvalue weighted by Crippen LogP contribution is 2.20. The number of ether oxygens (including phenoxy) is 1. The maximum atomic E-state index is 5.89. The molecular formula is C8H8Cl2N4O. The predicted octanol–water partition coefficient (Wildman–Crippen LogP) is 1.78. The summed E-state index contributed by atoms with van der Waals surface area (Å²) in [5.74, 6) is 0. The van der Waals surface area contributed by atoms with Gasteiger partial charge < -0.3 is 4.74 Å². The highest BCUT2D eigenvalue weighted by molar-refractivity contribution is 6.35. The van der Waals surface area contributed by atoms with Gasteiger partial charge in [0.1, 0.15) is 5.15 Å². The van der Waals surface area contributed by atoms with Gasteiger partial charge in [-0.15, -0.1) is 0 Å². The molecule has 0 unspecified atom stereocenters. The van der Waals surface area contributed by atoms with Crippen LogP contribution in [-0.2, 0) is 11.3 Å². The molecule has 80 valence electrons. The van der Waals surface area contributed by atoms with Crippen LogP contribution < -0.4 is 0 Å². The van der Waals surface area contributed by atoms with Crippen LogP contribution in [0.4, 0.5) is 0 Å². The Morgan fingerprint density at radius 1 is 1.40 bits per heavy atom. The second-order valence-corrected chi connectivity index (χ2v) is 3.60. The second-order valence-electron chi connectivity index (χ2n) is 2.91. The van der Waals surface area contributed by atoms with Crippen molar-refractivity contribution < 1.29 is 4.74 Å². The van der Waals surface area contributed by atoms with Gasteiger partial charge in [-0.2, -0.15) is 10.1 Å². The fraction of sp³-hybridized carbons (Fsp3) is 0.375. The first kappa shape index (κ1) is 10.6. The fourth-order valence-corrected chi connectivity index (χ4v) is 1.61. The summed E-state index contributed by atoms with van der Waals surface area (Å²) in [7, 11) is 1.63. The average Bonchev–Trinajstić information content (AvgIpc) is 2.57. The SMILES string of the molecule is COCCn1cc2c(Cl)nc(Cl)nc2n1. The Morgan fingerprint density at radius 2 is 2.20 bits per heavy atom. The van der Waals surface area contributed by atoms with Crippen LogP contribution in [0.15, 0.2) is 6.20 Å². The summed E-state index contributed by atoms with van der Waals surface area (Å²) in [6.07, 6.45) is 1.77. The number of aromatic nitrogens is 4. The minimum absolute atomic E-state index is 0.101. The van der Waals surface area contributed by atoms with Gasteiger partial charge in [-0.25, -0.2) is 4.98 Å². The molecule has 0 radical (unpaired) electrons. The topological polar surface area (TPSA) is 52.8 Å². The van der Waals surface area contributed by atoms with Crippen molar-refractivity contribution in [3.63, 3.8) is 0 Å². The number of methoxy groups -OCH3 is 1. The normalized spacial score (nSPS) is 11.1. The minimum atomic E-state index is 0.101. The molecule has 0 bridgehead atoms. The molecule has 0 aliphatic heterocycles. The molecule has 2 heterocycles. The zero-order chi connectivity index (χ0) is 10.8. The van der Waals surface area contributed by atoms with E-state index in [2.05, 4.69) is 15.1 Å². The van der Waals surface area contributed by atoms with E-state index < -0.39 is 0 Å². The molecule has 0 saturated carbocycles. The third-order valence-electron chi connectivity index (χ3n) is 1.88. The van der Waals surface area contributed by atoms with E-state index in [1.807, 2.05) is 0 Å². The maximum absolute atomic E-state index is 5.89. The van der Waals surface area contributed by atoms with Crippen molar-refractivity contribution in [3.8, 4) is 0 Å².